The summed E-state index contributed by atoms with van der Waals surface area (Å²) < 4.78 is 6.12. The summed E-state index contributed by atoms with van der Waals surface area (Å²) in [7, 11) is 2.07. The van der Waals surface area contributed by atoms with Crippen molar-refractivity contribution in [3.8, 4) is 0 Å². The maximum Gasteiger partial charge on any atom is 0.0728 e. The van der Waals surface area contributed by atoms with Gasteiger partial charge in [0.1, 0.15) is 0 Å². The van der Waals surface area contributed by atoms with Crippen LogP contribution in [0, 0.1) is 5.92 Å². The first kappa shape index (κ1) is 14.0. The van der Waals surface area contributed by atoms with E-state index in [9.17, 15) is 0 Å². The van der Waals surface area contributed by atoms with Crippen molar-refractivity contribution in [1.29, 1.82) is 0 Å². The van der Waals surface area contributed by atoms with Crippen LogP contribution in [-0.2, 0) is 4.74 Å². The van der Waals surface area contributed by atoms with E-state index in [4.69, 9.17) is 4.74 Å². The molecule has 1 saturated carbocycles. The summed E-state index contributed by atoms with van der Waals surface area (Å²) in [5.74, 6) is 0.714. The molecule has 0 aromatic carbocycles. The van der Waals surface area contributed by atoms with E-state index in [2.05, 4.69) is 26.2 Å². The van der Waals surface area contributed by atoms with E-state index in [1.165, 1.54) is 44.9 Å². The Morgan fingerprint density at radius 1 is 1.25 bits per heavy atom. The number of rotatable bonds is 6. The number of ether oxygens (including phenoxy) is 1. The summed E-state index contributed by atoms with van der Waals surface area (Å²) in [6, 6.07) is 0.580. The molecule has 0 amide bonds. The molecule has 96 valence electrons. The Hall–Kier alpha value is -0.0800. The fourth-order valence-corrected chi connectivity index (χ4v) is 2.67. The molecule has 1 fully saturated rings. The Bertz CT molecular complexity index is 172. The highest BCUT2D eigenvalue weighted by Gasteiger charge is 2.23. The van der Waals surface area contributed by atoms with Gasteiger partial charge in [0.2, 0.25) is 0 Å². The molecule has 16 heavy (non-hydrogen) atoms. The maximum atomic E-state index is 6.12. The summed E-state index contributed by atoms with van der Waals surface area (Å²) in [5, 5.41) is 3.42. The molecule has 0 heterocycles. The Morgan fingerprint density at radius 3 is 2.69 bits per heavy atom. The molecule has 0 saturated heterocycles. The monoisotopic (exact) mass is 227 g/mol. The second-order valence-electron chi connectivity index (χ2n) is 5.30. The molecule has 3 atom stereocenters. The molecule has 0 radical (unpaired) electrons. The third-order valence-corrected chi connectivity index (χ3v) is 3.70. The topological polar surface area (TPSA) is 21.3 Å². The van der Waals surface area contributed by atoms with E-state index in [0.717, 1.165) is 6.61 Å². The first-order valence-corrected chi connectivity index (χ1v) is 7.06. The van der Waals surface area contributed by atoms with Crippen LogP contribution < -0.4 is 5.32 Å². The fourth-order valence-electron chi connectivity index (χ4n) is 2.67. The van der Waals surface area contributed by atoms with E-state index < -0.39 is 0 Å². The highest BCUT2D eigenvalue weighted by Crippen LogP contribution is 2.21. The van der Waals surface area contributed by atoms with Crippen LogP contribution in [-0.4, -0.2) is 25.8 Å². The molecule has 0 aromatic rings. The highest BCUT2D eigenvalue weighted by atomic mass is 16.5. The van der Waals surface area contributed by atoms with Crippen molar-refractivity contribution in [1.82, 2.24) is 5.32 Å². The third kappa shape index (κ3) is 4.84. The predicted molar refractivity (Wildman–Crippen MR) is 69.7 cm³/mol. The number of hydrogen-bond acceptors (Lipinski definition) is 2. The minimum absolute atomic E-state index is 0.451. The second-order valence-corrected chi connectivity index (χ2v) is 5.30. The van der Waals surface area contributed by atoms with Gasteiger partial charge in [-0.3, -0.25) is 0 Å². The third-order valence-electron chi connectivity index (χ3n) is 3.70. The van der Waals surface area contributed by atoms with Crippen LogP contribution in [0.1, 0.15) is 58.8 Å². The van der Waals surface area contributed by atoms with Gasteiger partial charge in [0.25, 0.3) is 0 Å². The van der Waals surface area contributed by atoms with Crippen molar-refractivity contribution in [2.24, 2.45) is 5.92 Å². The van der Waals surface area contributed by atoms with Crippen molar-refractivity contribution < 1.29 is 4.74 Å². The molecule has 1 rings (SSSR count). The molecule has 2 nitrogen and oxygen atoms in total. The molecular formula is C14H29NO. The smallest absolute Gasteiger partial charge is 0.0728 e. The largest absolute Gasteiger partial charge is 0.376 e. The first-order valence-electron chi connectivity index (χ1n) is 7.06. The Labute approximate surface area is 101 Å². The van der Waals surface area contributed by atoms with E-state index >= 15 is 0 Å². The highest BCUT2D eigenvalue weighted by molar-refractivity contribution is 4.79. The summed E-state index contributed by atoms with van der Waals surface area (Å²) in [6.07, 6.45) is 9.60. The quantitative estimate of drug-likeness (QED) is 0.703. The average molecular weight is 227 g/mol. The molecule has 1 aliphatic carbocycles. The minimum Gasteiger partial charge on any atom is -0.376 e. The molecule has 1 aliphatic rings. The van der Waals surface area contributed by atoms with Crippen LogP contribution in [0.25, 0.3) is 0 Å². The van der Waals surface area contributed by atoms with E-state index in [1.54, 1.807) is 0 Å². The number of hydrogen-bond donors (Lipinski definition) is 1. The Kier molecular flexibility index (Phi) is 7.06. The first-order chi connectivity index (χ1) is 7.77. The lowest BCUT2D eigenvalue weighted by molar-refractivity contribution is 0.00528. The molecule has 0 aliphatic heterocycles. The van der Waals surface area contributed by atoms with Gasteiger partial charge in [-0.1, -0.05) is 39.5 Å². The molecule has 3 unspecified atom stereocenters. The van der Waals surface area contributed by atoms with Gasteiger partial charge in [-0.05, 0) is 32.2 Å². The summed E-state index contributed by atoms with van der Waals surface area (Å²) in [6.45, 7) is 5.49. The van der Waals surface area contributed by atoms with Crippen molar-refractivity contribution >= 4 is 0 Å². The summed E-state index contributed by atoms with van der Waals surface area (Å²) in [5.41, 5.74) is 0. The normalized spacial score (nSPS) is 28.7. The second kappa shape index (κ2) is 8.08. The SMILES string of the molecule is CCCC(C)COC1CCCCCC1NC. The van der Waals surface area contributed by atoms with Gasteiger partial charge in [-0.25, -0.2) is 0 Å². The van der Waals surface area contributed by atoms with E-state index in [1.807, 2.05) is 0 Å². The van der Waals surface area contributed by atoms with Crippen molar-refractivity contribution in [2.75, 3.05) is 13.7 Å². The van der Waals surface area contributed by atoms with Crippen LogP contribution in [0.4, 0.5) is 0 Å². The zero-order valence-electron chi connectivity index (χ0n) is 11.3. The number of likely N-dealkylation sites (N-methyl/N-ethyl adjacent to an activating group) is 1. The Balaban J connectivity index is 2.30. The van der Waals surface area contributed by atoms with E-state index in [-0.39, 0.29) is 0 Å². The van der Waals surface area contributed by atoms with Crippen LogP contribution in [0.15, 0.2) is 0 Å². The summed E-state index contributed by atoms with van der Waals surface area (Å²) in [4.78, 5) is 0. The predicted octanol–water partition coefficient (Wildman–Crippen LogP) is 3.36. The van der Waals surface area contributed by atoms with Crippen LogP contribution in [0.2, 0.25) is 0 Å². The zero-order chi connectivity index (χ0) is 11.8. The van der Waals surface area contributed by atoms with Crippen molar-refractivity contribution in [2.45, 2.75) is 70.9 Å². The van der Waals surface area contributed by atoms with Crippen LogP contribution in [0.5, 0.6) is 0 Å². The maximum absolute atomic E-state index is 6.12. The molecule has 2 heteroatoms. The molecule has 0 spiro atoms. The lowest BCUT2D eigenvalue weighted by atomic mass is 10.0. The summed E-state index contributed by atoms with van der Waals surface area (Å²) >= 11 is 0. The van der Waals surface area contributed by atoms with E-state index in [0.29, 0.717) is 18.1 Å². The van der Waals surface area contributed by atoms with Gasteiger partial charge >= 0.3 is 0 Å². The van der Waals surface area contributed by atoms with Crippen molar-refractivity contribution in [3.05, 3.63) is 0 Å². The number of nitrogens with one attached hydrogen (secondary N) is 1. The van der Waals surface area contributed by atoms with Gasteiger partial charge in [-0.2, -0.15) is 0 Å². The minimum atomic E-state index is 0.451. The average Bonchev–Trinajstić information content (AvgIpc) is 2.51. The lowest BCUT2D eigenvalue weighted by Gasteiger charge is -2.26. The van der Waals surface area contributed by atoms with Crippen LogP contribution >= 0.6 is 0 Å². The standard InChI is InChI=1S/C14H29NO/c1-4-8-12(2)11-16-14-10-7-5-6-9-13(14)15-3/h12-15H,4-11H2,1-3H3. The van der Waals surface area contributed by atoms with Gasteiger partial charge in [0.15, 0.2) is 0 Å². The van der Waals surface area contributed by atoms with Gasteiger partial charge in [0, 0.05) is 12.6 Å². The molecule has 0 aromatic heterocycles. The molecule has 1 N–H and O–H groups in total. The zero-order valence-corrected chi connectivity index (χ0v) is 11.3. The molecule has 0 bridgehead atoms. The Morgan fingerprint density at radius 2 is 2.00 bits per heavy atom. The van der Waals surface area contributed by atoms with Gasteiger partial charge < -0.3 is 10.1 Å². The van der Waals surface area contributed by atoms with Crippen molar-refractivity contribution in [3.63, 3.8) is 0 Å². The lowest BCUT2D eigenvalue weighted by Crippen LogP contribution is -2.39. The fraction of sp³-hybridized carbons (Fsp3) is 1.00. The van der Waals surface area contributed by atoms with Gasteiger partial charge in [0.05, 0.1) is 6.10 Å². The van der Waals surface area contributed by atoms with Gasteiger partial charge in [-0.15, -0.1) is 0 Å². The van der Waals surface area contributed by atoms with Crippen LogP contribution in [0.3, 0.4) is 0 Å². The molecular weight excluding hydrogens is 198 g/mol.